The smallest absolute Gasteiger partial charge is 0.150 e. The lowest BCUT2D eigenvalue weighted by atomic mass is 10.2. The van der Waals surface area contributed by atoms with E-state index in [-0.39, 0.29) is 0 Å². The fourth-order valence-corrected chi connectivity index (χ4v) is 1.18. The van der Waals surface area contributed by atoms with Crippen molar-refractivity contribution in [3.8, 4) is 0 Å². The van der Waals surface area contributed by atoms with Crippen LogP contribution in [0.25, 0.3) is 0 Å². The first-order chi connectivity index (χ1) is 7.33. The van der Waals surface area contributed by atoms with Gasteiger partial charge in [-0.05, 0) is 31.9 Å². The third-order valence-corrected chi connectivity index (χ3v) is 1.94. The fraction of sp³-hybridized carbons (Fsp3) is 0.231. The summed E-state index contributed by atoms with van der Waals surface area (Å²) in [6, 6.07) is 3.42. The van der Waals surface area contributed by atoms with Crippen LogP contribution in [0, 0.1) is 6.92 Å². The van der Waals surface area contributed by atoms with Gasteiger partial charge in [-0.25, -0.2) is 0 Å². The molecule has 0 unspecified atom stereocenters. The quantitative estimate of drug-likeness (QED) is 0.653. The van der Waals surface area contributed by atoms with Gasteiger partial charge < -0.3 is 0 Å². The van der Waals surface area contributed by atoms with Crippen LogP contribution in [0.5, 0.6) is 0 Å². The summed E-state index contributed by atoms with van der Waals surface area (Å²) in [6.07, 6.45) is 13.4. The number of carbonyl (C=O) groups is 1. The van der Waals surface area contributed by atoms with E-state index in [9.17, 15) is 4.79 Å². The largest absolute Gasteiger partial charge is 0.298 e. The molecule has 0 amide bonds. The number of allylic oxidation sites excluding steroid dienone is 4. The van der Waals surface area contributed by atoms with E-state index in [0.29, 0.717) is 5.56 Å². The van der Waals surface area contributed by atoms with Crippen molar-refractivity contribution in [3.05, 3.63) is 53.9 Å². The normalized spacial score (nSPS) is 12.9. The van der Waals surface area contributed by atoms with Crippen LogP contribution in [0.15, 0.2) is 42.6 Å². The van der Waals surface area contributed by atoms with E-state index in [1.165, 1.54) is 12.8 Å². The minimum absolute atomic E-state index is 0.683. The maximum absolute atomic E-state index is 10.1. The monoisotopic (exact) mass is 201 g/mol. The van der Waals surface area contributed by atoms with Crippen molar-refractivity contribution in [1.82, 2.24) is 4.98 Å². The summed E-state index contributed by atoms with van der Waals surface area (Å²) in [6.45, 7) is 1.85. The van der Waals surface area contributed by atoms with E-state index in [1.807, 2.05) is 6.92 Å². The number of aldehydes is 1. The Morgan fingerprint density at radius 3 is 2.27 bits per heavy atom. The minimum Gasteiger partial charge on any atom is -0.298 e. The van der Waals surface area contributed by atoms with E-state index in [2.05, 4.69) is 29.3 Å². The van der Waals surface area contributed by atoms with Gasteiger partial charge in [-0.15, -0.1) is 0 Å². The van der Waals surface area contributed by atoms with Crippen molar-refractivity contribution in [2.24, 2.45) is 0 Å². The van der Waals surface area contributed by atoms with E-state index in [1.54, 1.807) is 18.3 Å². The maximum atomic E-state index is 10.1. The highest BCUT2D eigenvalue weighted by molar-refractivity contribution is 5.74. The molecule has 1 heterocycles. The lowest BCUT2D eigenvalue weighted by molar-refractivity contribution is 0.112. The van der Waals surface area contributed by atoms with Crippen molar-refractivity contribution in [2.45, 2.75) is 19.8 Å². The second-order valence-corrected chi connectivity index (χ2v) is 3.28. The summed E-state index contributed by atoms with van der Waals surface area (Å²) >= 11 is 0. The summed E-state index contributed by atoms with van der Waals surface area (Å²) in [5.41, 5.74) is 1.56. The fourth-order valence-electron chi connectivity index (χ4n) is 1.18. The minimum atomic E-state index is 0.683. The Morgan fingerprint density at radius 2 is 1.93 bits per heavy atom. The molecule has 0 N–H and O–H groups in total. The molecule has 78 valence electrons. The number of nitrogens with zero attached hydrogens (tertiary/aromatic N) is 1. The number of aryl methyl sites for hydroxylation is 1. The molecule has 0 radical (unpaired) electrons. The lowest BCUT2D eigenvalue weighted by Crippen LogP contribution is -1.83. The zero-order valence-corrected chi connectivity index (χ0v) is 8.89. The van der Waals surface area contributed by atoms with E-state index in [0.717, 1.165) is 12.0 Å². The molecule has 0 spiro atoms. The highest BCUT2D eigenvalue weighted by atomic mass is 16.1. The van der Waals surface area contributed by atoms with Crippen molar-refractivity contribution in [2.75, 3.05) is 0 Å². The first kappa shape index (κ1) is 11.4. The van der Waals surface area contributed by atoms with Crippen molar-refractivity contribution < 1.29 is 4.79 Å². The third kappa shape index (κ3) is 4.91. The Morgan fingerprint density at radius 1 is 1.27 bits per heavy atom. The van der Waals surface area contributed by atoms with Crippen molar-refractivity contribution in [1.29, 1.82) is 0 Å². The van der Waals surface area contributed by atoms with Gasteiger partial charge in [0.05, 0.1) is 0 Å². The molecule has 0 saturated heterocycles. The topological polar surface area (TPSA) is 30.0 Å². The predicted molar refractivity (Wildman–Crippen MR) is 61.9 cm³/mol. The van der Waals surface area contributed by atoms with E-state index < -0.39 is 0 Å². The van der Waals surface area contributed by atoms with Gasteiger partial charge in [-0.2, -0.15) is 0 Å². The molecule has 15 heavy (non-hydrogen) atoms. The molecule has 0 aliphatic heterocycles. The van der Waals surface area contributed by atoms with Crippen molar-refractivity contribution >= 4 is 6.29 Å². The molecule has 2 heteroatoms. The second kappa shape index (κ2) is 6.71. The Labute approximate surface area is 90.4 Å². The Bertz CT molecular complexity index is 355. The van der Waals surface area contributed by atoms with Crippen molar-refractivity contribution in [3.63, 3.8) is 0 Å². The summed E-state index contributed by atoms with van der Waals surface area (Å²) < 4.78 is 0. The Hall–Kier alpha value is -1.70. The molecule has 0 atom stereocenters. The van der Waals surface area contributed by atoms with Gasteiger partial charge in [0, 0.05) is 17.5 Å². The second-order valence-electron chi connectivity index (χ2n) is 3.28. The van der Waals surface area contributed by atoms with Crippen LogP contribution < -0.4 is 0 Å². The number of rotatable bonds is 1. The zero-order valence-electron chi connectivity index (χ0n) is 8.89. The molecule has 0 fully saturated rings. The van der Waals surface area contributed by atoms with E-state index in [4.69, 9.17) is 0 Å². The Kier molecular flexibility index (Phi) is 5.09. The van der Waals surface area contributed by atoms with Crippen LogP contribution in [0.4, 0.5) is 0 Å². The Balaban J connectivity index is 0.000000162. The lowest BCUT2D eigenvalue weighted by Gasteiger charge is -1.89. The SMILES string of the molecule is C1=CCCC=C1.Cc1cc(C=O)ccn1. The predicted octanol–water partition coefficient (Wildman–Crippen LogP) is 3.10. The van der Waals surface area contributed by atoms with Gasteiger partial charge in [-0.3, -0.25) is 9.78 Å². The molecule has 2 nitrogen and oxygen atoms in total. The highest BCUT2D eigenvalue weighted by Crippen LogP contribution is 1.98. The summed E-state index contributed by atoms with van der Waals surface area (Å²) in [4.78, 5) is 14.1. The average molecular weight is 201 g/mol. The van der Waals surface area contributed by atoms with Gasteiger partial charge >= 0.3 is 0 Å². The molecule has 1 aromatic rings. The van der Waals surface area contributed by atoms with Gasteiger partial charge in [-0.1, -0.05) is 24.3 Å². The molecule has 0 saturated carbocycles. The van der Waals surface area contributed by atoms with Gasteiger partial charge in [0.15, 0.2) is 0 Å². The van der Waals surface area contributed by atoms with E-state index >= 15 is 0 Å². The maximum Gasteiger partial charge on any atom is 0.150 e. The molecule has 1 aromatic heterocycles. The van der Waals surface area contributed by atoms with Gasteiger partial charge in [0.2, 0.25) is 0 Å². The number of aromatic nitrogens is 1. The number of hydrogen-bond donors (Lipinski definition) is 0. The summed E-state index contributed by atoms with van der Waals surface area (Å²) in [5.74, 6) is 0. The molecule has 0 bridgehead atoms. The molecule has 0 aromatic carbocycles. The van der Waals surface area contributed by atoms with Gasteiger partial charge in [0.1, 0.15) is 6.29 Å². The standard InChI is InChI=1S/C7H7NO.C6H8/c1-6-4-7(5-9)2-3-8-6;1-2-4-6-5-3-1/h2-5H,1H3;1-4H,5-6H2. The van der Waals surface area contributed by atoms with Gasteiger partial charge in [0.25, 0.3) is 0 Å². The average Bonchev–Trinajstić information content (AvgIpc) is 2.32. The number of pyridine rings is 1. The molecular formula is C13H15NO. The van der Waals surface area contributed by atoms with Crippen LogP contribution >= 0.6 is 0 Å². The van der Waals surface area contributed by atoms with Crippen LogP contribution in [0.3, 0.4) is 0 Å². The molecule has 1 aliphatic rings. The summed E-state index contributed by atoms with van der Waals surface area (Å²) in [5, 5.41) is 0. The van der Waals surface area contributed by atoms with Crippen LogP contribution in [-0.2, 0) is 0 Å². The number of hydrogen-bond acceptors (Lipinski definition) is 2. The summed E-state index contributed by atoms with van der Waals surface area (Å²) in [7, 11) is 0. The molecule has 2 rings (SSSR count). The van der Waals surface area contributed by atoms with Crippen LogP contribution in [-0.4, -0.2) is 11.3 Å². The third-order valence-electron chi connectivity index (χ3n) is 1.94. The number of carbonyl (C=O) groups excluding carboxylic acids is 1. The molecule has 1 aliphatic carbocycles. The molecular weight excluding hydrogens is 186 g/mol. The first-order valence-corrected chi connectivity index (χ1v) is 5.02. The zero-order chi connectivity index (χ0) is 10.9. The van der Waals surface area contributed by atoms with Crippen LogP contribution in [0.2, 0.25) is 0 Å². The highest BCUT2D eigenvalue weighted by Gasteiger charge is 1.87. The first-order valence-electron chi connectivity index (χ1n) is 5.02. The van der Waals surface area contributed by atoms with Crippen LogP contribution in [0.1, 0.15) is 28.9 Å².